The Labute approximate surface area is 207 Å². The molecule has 2 unspecified atom stereocenters. The van der Waals surface area contributed by atoms with E-state index in [0.29, 0.717) is 12.8 Å². The maximum atomic E-state index is 12.7. The lowest BCUT2D eigenvalue weighted by Gasteiger charge is -2.32. The molecule has 1 aliphatic heterocycles. The monoisotopic (exact) mass is 511 g/mol. The average Bonchev–Trinajstić information content (AvgIpc) is 3.10. The minimum Gasteiger partial charge on any atom is -0.465 e. The zero-order valence-corrected chi connectivity index (χ0v) is 21.6. The van der Waals surface area contributed by atoms with Gasteiger partial charge < -0.3 is 14.6 Å². The molecule has 1 aromatic carbocycles. The topological polar surface area (TPSA) is 119 Å². The first-order chi connectivity index (χ1) is 16.5. The Morgan fingerprint density at radius 2 is 1.83 bits per heavy atom. The summed E-state index contributed by atoms with van der Waals surface area (Å²) in [6.45, 7) is 5.23. The van der Waals surface area contributed by atoms with Crippen molar-refractivity contribution in [3.05, 3.63) is 29.8 Å². The quantitative estimate of drug-likeness (QED) is 0.361. The van der Waals surface area contributed by atoms with Crippen LogP contribution in [0.1, 0.15) is 70.8 Å². The van der Waals surface area contributed by atoms with E-state index in [1.54, 1.807) is 26.0 Å². The zero-order valence-electron chi connectivity index (χ0n) is 20.8. The first-order valence-corrected chi connectivity index (χ1v) is 13.7. The second-order valence-corrected chi connectivity index (χ2v) is 11.6. The highest BCUT2D eigenvalue weighted by Gasteiger charge is 2.44. The van der Waals surface area contributed by atoms with E-state index in [0.717, 1.165) is 37.7 Å². The summed E-state index contributed by atoms with van der Waals surface area (Å²) in [5, 5.41) is 9.71. The molecule has 1 amide bonds. The predicted molar refractivity (Wildman–Crippen MR) is 128 cm³/mol. The number of hydrogen-bond acceptors (Lipinski definition) is 7. The lowest BCUT2D eigenvalue weighted by molar-refractivity contribution is -0.150. The number of aryl methyl sites for hydroxylation is 1. The van der Waals surface area contributed by atoms with Crippen molar-refractivity contribution < 1.29 is 36.8 Å². The second-order valence-electron chi connectivity index (χ2n) is 10.0. The molecule has 0 radical (unpaired) electrons. The third kappa shape index (κ3) is 7.65. The molecule has 2 fully saturated rings. The van der Waals surface area contributed by atoms with E-state index in [4.69, 9.17) is 13.7 Å². The fourth-order valence-electron chi connectivity index (χ4n) is 4.81. The summed E-state index contributed by atoms with van der Waals surface area (Å²) in [7, 11) is -4.00. The number of esters is 1. The first kappa shape index (κ1) is 27.4. The molecular weight excluding hydrogens is 474 g/mol. The molecule has 1 heterocycles. The molecule has 0 aromatic heterocycles. The number of ether oxygens (including phenoxy) is 2. The van der Waals surface area contributed by atoms with Crippen molar-refractivity contribution in [2.45, 2.75) is 94.9 Å². The number of hydrogen-bond donors (Lipinski definition) is 1. The van der Waals surface area contributed by atoms with E-state index in [9.17, 15) is 23.1 Å². The summed E-state index contributed by atoms with van der Waals surface area (Å²) >= 11 is 0. The number of carbonyl (C=O) groups is 2. The van der Waals surface area contributed by atoms with Gasteiger partial charge in [0.1, 0.15) is 11.8 Å². The molecule has 3 rings (SSSR count). The standard InChI is InChI=1S/C25H37NO8S/c1-18-9-12-22(13-10-18)35(30,31)33-16-19(11-14-23(27)34-21-7-5-4-6-8-21)15-20-17-32-25(2,3)26(20)24(28)29/h9-10,12-13,19-21H,4-8,11,14-17H2,1-3H3,(H,28,29). The van der Waals surface area contributed by atoms with Crippen LogP contribution in [0.5, 0.6) is 0 Å². The maximum absolute atomic E-state index is 12.7. The van der Waals surface area contributed by atoms with Crippen molar-refractivity contribution in [2.24, 2.45) is 5.92 Å². The molecule has 1 aromatic rings. The number of carboxylic acid groups (broad SMARTS) is 1. The van der Waals surface area contributed by atoms with Gasteiger partial charge in [-0.2, -0.15) is 8.42 Å². The Balaban J connectivity index is 1.66. The molecule has 1 aliphatic carbocycles. The highest BCUT2D eigenvalue weighted by atomic mass is 32.2. The van der Waals surface area contributed by atoms with E-state index in [1.165, 1.54) is 17.0 Å². The lowest BCUT2D eigenvalue weighted by atomic mass is 9.95. The SMILES string of the molecule is Cc1ccc(S(=O)(=O)OCC(CCC(=O)OC2CCCCC2)CC2COC(C)(C)N2C(=O)O)cc1. The van der Waals surface area contributed by atoms with Gasteiger partial charge in [-0.1, -0.05) is 24.1 Å². The molecule has 2 aliphatic rings. The average molecular weight is 512 g/mol. The summed E-state index contributed by atoms with van der Waals surface area (Å²) in [6.07, 6.45) is 4.56. The summed E-state index contributed by atoms with van der Waals surface area (Å²) in [5.41, 5.74) is -0.0635. The van der Waals surface area contributed by atoms with Gasteiger partial charge in [-0.25, -0.2) is 4.79 Å². The summed E-state index contributed by atoms with van der Waals surface area (Å²) in [4.78, 5) is 25.6. The van der Waals surface area contributed by atoms with E-state index in [2.05, 4.69) is 0 Å². The van der Waals surface area contributed by atoms with Gasteiger partial charge >= 0.3 is 12.1 Å². The van der Waals surface area contributed by atoms with E-state index in [1.807, 2.05) is 6.92 Å². The molecule has 35 heavy (non-hydrogen) atoms. The maximum Gasteiger partial charge on any atom is 0.409 e. The van der Waals surface area contributed by atoms with Gasteiger partial charge in [0.25, 0.3) is 10.1 Å². The minimum absolute atomic E-state index is 0.0519. The Morgan fingerprint density at radius 3 is 2.46 bits per heavy atom. The number of benzene rings is 1. The fraction of sp³-hybridized carbons (Fsp3) is 0.680. The predicted octanol–water partition coefficient (Wildman–Crippen LogP) is 4.48. The third-order valence-corrected chi connectivity index (χ3v) is 8.06. The van der Waals surface area contributed by atoms with E-state index < -0.39 is 33.9 Å². The number of rotatable bonds is 10. The molecule has 9 nitrogen and oxygen atoms in total. The normalized spacial score (nSPS) is 21.6. The summed E-state index contributed by atoms with van der Waals surface area (Å²) in [5.74, 6) is -0.708. The first-order valence-electron chi connectivity index (χ1n) is 12.3. The van der Waals surface area contributed by atoms with Crippen LogP contribution in [0.2, 0.25) is 0 Å². The van der Waals surface area contributed by atoms with Crippen molar-refractivity contribution in [1.82, 2.24) is 4.90 Å². The highest BCUT2D eigenvalue weighted by Crippen LogP contribution is 2.32. The molecule has 0 bridgehead atoms. The molecule has 1 N–H and O–H groups in total. The van der Waals surface area contributed by atoms with Crippen LogP contribution in [0.4, 0.5) is 4.79 Å². The van der Waals surface area contributed by atoms with E-state index >= 15 is 0 Å². The van der Waals surface area contributed by atoms with Crippen LogP contribution in [0.25, 0.3) is 0 Å². The van der Waals surface area contributed by atoms with Crippen LogP contribution in [-0.2, 0) is 28.6 Å². The van der Waals surface area contributed by atoms with Crippen LogP contribution in [0, 0.1) is 12.8 Å². The summed E-state index contributed by atoms with van der Waals surface area (Å²) in [6, 6.07) is 5.88. The Kier molecular flexibility index (Phi) is 9.17. The Hall–Kier alpha value is -2.17. The third-order valence-electron chi connectivity index (χ3n) is 6.76. The molecular formula is C25H37NO8S. The van der Waals surface area contributed by atoms with Crippen molar-refractivity contribution in [3.8, 4) is 0 Å². The molecule has 10 heteroatoms. The number of carbonyl (C=O) groups excluding carboxylic acids is 1. The lowest BCUT2D eigenvalue weighted by Crippen LogP contribution is -2.47. The molecule has 0 spiro atoms. The Bertz CT molecular complexity index is 970. The smallest absolute Gasteiger partial charge is 0.409 e. The van der Waals surface area contributed by atoms with Gasteiger partial charge in [0, 0.05) is 6.42 Å². The fourth-order valence-corrected chi connectivity index (χ4v) is 5.78. The number of amides is 1. The molecule has 1 saturated heterocycles. The van der Waals surface area contributed by atoms with Crippen LogP contribution >= 0.6 is 0 Å². The minimum atomic E-state index is -4.00. The Morgan fingerprint density at radius 1 is 1.17 bits per heavy atom. The second kappa shape index (κ2) is 11.7. The van der Waals surface area contributed by atoms with Gasteiger partial charge in [0.05, 0.1) is 24.2 Å². The molecule has 2 atom stereocenters. The molecule has 196 valence electrons. The van der Waals surface area contributed by atoms with Gasteiger partial charge in [-0.05, 0) is 77.3 Å². The van der Waals surface area contributed by atoms with Crippen LogP contribution in [0.15, 0.2) is 29.2 Å². The molecule has 1 saturated carbocycles. The van der Waals surface area contributed by atoms with Crippen molar-refractivity contribution >= 4 is 22.2 Å². The van der Waals surface area contributed by atoms with Crippen LogP contribution in [-0.4, -0.2) is 61.6 Å². The van der Waals surface area contributed by atoms with Crippen molar-refractivity contribution in [2.75, 3.05) is 13.2 Å². The van der Waals surface area contributed by atoms with Crippen LogP contribution in [0.3, 0.4) is 0 Å². The highest BCUT2D eigenvalue weighted by molar-refractivity contribution is 7.86. The van der Waals surface area contributed by atoms with Gasteiger partial charge in [-0.3, -0.25) is 13.9 Å². The van der Waals surface area contributed by atoms with Crippen LogP contribution < -0.4 is 0 Å². The number of nitrogens with zero attached hydrogens (tertiary/aromatic N) is 1. The zero-order chi connectivity index (χ0) is 25.6. The van der Waals surface area contributed by atoms with Crippen molar-refractivity contribution in [1.29, 1.82) is 0 Å². The van der Waals surface area contributed by atoms with E-state index in [-0.39, 0.29) is 36.6 Å². The van der Waals surface area contributed by atoms with Gasteiger partial charge in [0.15, 0.2) is 0 Å². The van der Waals surface area contributed by atoms with Gasteiger partial charge in [0.2, 0.25) is 0 Å². The summed E-state index contributed by atoms with van der Waals surface area (Å²) < 4.78 is 42.1. The van der Waals surface area contributed by atoms with Crippen molar-refractivity contribution in [3.63, 3.8) is 0 Å². The largest absolute Gasteiger partial charge is 0.465 e. The van der Waals surface area contributed by atoms with Gasteiger partial charge in [-0.15, -0.1) is 0 Å².